The van der Waals surface area contributed by atoms with Crippen molar-refractivity contribution >= 4 is 11.9 Å². The van der Waals surface area contributed by atoms with E-state index in [1.165, 1.54) is 5.57 Å². The molecule has 0 radical (unpaired) electrons. The van der Waals surface area contributed by atoms with Crippen molar-refractivity contribution in [3.8, 4) is 0 Å². The van der Waals surface area contributed by atoms with Crippen molar-refractivity contribution < 1.29 is 36.0 Å². The topological polar surface area (TPSA) is 52.6 Å². The van der Waals surface area contributed by atoms with E-state index in [1.807, 2.05) is 0 Å². The Bertz CT molecular complexity index is 770. The van der Waals surface area contributed by atoms with E-state index in [0.717, 1.165) is 75.5 Å². The summed E-state index contributed by atoms with van der Waals surface area (Å²) in [5, 5.41) is 0. The molecule has 4 rings (SSSR count). The van der Waals surface area contributed by atoms with E-state index in [0.29, 0.717) is 30.3 Å². The van der Waals surface area contributed by atoms with Gasteiger partial charge in [-0.05, 0) is 82.5 Å². The number of hydrogen-bond donors (Lipinski definition) is 0. The fourth-order valence-corrected chi connectivity index (χ4v) is 7.80. The summed E-state index contributed by atoms with van der Waals surface area (Å²) >= 11 is 0. The Morgan fingerprint density at radius 1 is 1.03 bits per heavy atom. The third-order valence-corrected chi connectivity index (χ3v) is 10.5. The molecule has 0 amide bonds. The van der Waals surface area contributed by atoms with E-state index in [9.17, 15) is 9.59 Å². The summed E-state index contributed by atoms with van der Waals surface area (Å²) in [7, 11) is 0. The molecule has 0 saturated heterocycles. The molecule has 0 N–H and O–H groups in total. The summed E-state index contributed by atoms with van der Waals surface area (Å²) in [6.45, 7) is 14.3. The van der Waals surface area contributed by atoms with Crippen LogP contribution in [0.4, 0.5) is 4.79 Å². The quantitative estimate of drug-likeness (QED) is 0.253. The van der Waals surface area contributed by atoms with E-state index in [1.54, 1.807) is 0 Å². The molecular formula is C27H44ClNO4. The Morgan fingerprint density at radius 3 is 2.33 bits per heavy atom. The number of ether oxygens (including phenoxy) is 2. The Morgan fingerprint density at radius 2 is 1.67 bits per heavy atom. The molecule has 0 aromatic rings. The summed E-state index contributed by atoms with van der Waals surface area (Å²) in [4.78, 5) is 25.1. The van der Waals surface area contributed by atoms with Gasteiger partial charge in [0.25, 0.3) is 0 Å². The number of quaternary nitrogens is 1. The molecular weight excluding hydrogens is 438 g/mol. The van der Waals surface area contributed by atoms with Crippen molar-refractivity contribution in [1.82, 2.24) is 0 Å². The number of halogens is 1. The Kier molecular flexibility index (Phi) is 7.95. The van der Waals surface area contributed by atoms with Gasteiger partial charge in [0.15, 0.2) is 0 Å². The molecule has 33 heavy (non-hydrogen) atoms. The summed E-state index contributed by atoms with van der Waals surface area (Å²) in [5.41, 5.74) is 1.60. The van der Waals surface area contributed by atoms with E-state index in [4.69, 9.17) is 9.47 Å². The zero-order valence-electron chi connectivity index (χ0n) is 21.3. The summed E-state index contributed by atoms with van der Waals surface area (Å²) in [6, 6.07) is 0. The molecule has 188 valence electrons. The van der Waals surface area contributed by atoms with Gasteiger partial charge in [-0.2, -0.15) is 0 Å². The highest BCUT2D eigenvalue weighted by Gasteiger charge is 2.58. The highest BCUT2D eigenvalue weighted by atomic mass is 35.5. The van der Waals surface area contributed by atoms with Crippen molar-refractivity contribution in [2.75, 3.05) is 26.4 Å². The number of hydrogen-bond acceptors (Lipinski definition) is 4. The second-order valence-electron chi connectivity index (χ2n) is 11.5. The number of carbonyl (C=O) groups excluding carboxylic acids is 2. The minimum atomic E-state index is -0.511. The van der Waals surface area contributed by atoms with Gasteiger partial charge in [-0.25, -0.2) is 4.79 Å². The maximum atomic E-state index is 12.6. The molecule has 0 bridgehead atoms. The van der Waals surface area contributed by atoms with Gasteiger partial charge in [0, 0.05) is 18.3 Å². The number of rotatable bonds is 6. The van der Waals surface area contributed by atoms with Gasteiger partial charge in [0.05, 0.1) is 19.6 Å². The maximum absolute atomic E-state index is 12.6. The van der Waals surface area contributed by atoms with Crippen LogP contribution < -0.4 is 12.4 Å². The molecule has 3 saturated carbocycles. The third kappa shape index (κ3) is 4.49. The Labute approximate surface area is 206 Å². The molecule has 5 nitrogen and oxygen atoms in total. The minimum Gasteiger partial charge on any atom is -1.00 e. The highest BCUT2D eigenvalue weighted by Crippen LogP contribution is 2.64. The van der Waals surface area contributed by atoms with Crippen LogP contribution in [0.15, 0.2) is 11.6 Å². The normalized spacial score (nSPS) is 37.7. The fraction of sp³-hybridized carbons (Fsp3) is 0.852. The lowest BCUT2D eigenvalue weighted by atomic mass is 9.48. The zero-order valence-corrected chi connectivity index (χ0v) is 22.1. The second kappa shape index (κ2) is 9.89. The van der Waals surface area contributed by atoms with Crippen LogP contribution in [0, 0.1) is 28.6 Å². The summed E-state index contributed by atoms with van der Waals surface area (Å²) in [6.07, 6.45) is 9.84. The SMILES string of the molecule is CC[N+](CC)(CC)COC(=O)O[C@H]1CC[C@@]2(C)C(=CC[C@@H]3[C@@H]2CC[C@]2(C)C(=O)CC[C@@H]32)C1.[Cl-]. The van der Waals surface area contributed by atoms with Crippen molar-refractivity contribution in [3.05, 3.63) is 11.6 Å². The lowest BCUT2D eigenvalue weighted by Crippen LogP contribution is -3.00. The molecule has 4 aliphatic rings. The van der Waals surface area contributed by atoms with E-state index < -0.39 is 6.16 Å². The molecule has 0 aromatic carbocycles. The van der Waals surface area contributed by atoms with Crippen LogP contribution in [0.5, 0.6) is 0 Å². The first kappa shape index (κ1) is 26.5. The maximum Gasteiger partial charge on any atom is 0.512 e. The number of nitrogens with zero attached hydrogens (tertiary/aromatic N) is 1. The smallest absolute Gasteiger partial charge is 0.512 e. The van der Waals surface area contributed by atoms with Gasteiger partial charge in [-0.15, -0.1) is 0 Å². The highest BCUT2D eigenvalue weighted by molar-refractivity contribution is 5.87. The third-order valence-electron chi connectivity index (χ3n) is 10.5. The van der Waals surface area contributed by atoms with Crippen LogP contribution in [0.1, 0.15) is 86.0 Å². The number of fused-ring (bicyclic) bond motifs is 5. The summed E-state index contributed by atoms with van der Waals surface area (Å²) in [5.74, 6) is 2.37. The average Bonchev–Trinajstić information content (AvgIpc) is 3.10. The monoisotopic (exact) mass is 481 g/mol. The van der Waals surface area contributed by atoms with E-state index in [-0.39, 0.29) is 29.3 Å². The van der Waals surface area contributed by atoms with Crippen molar-refractivity contribution in [2.45, 2.75) is 92.1 Å². The number of ketones is 1. The number of Topliss-reactive ketones (excluding diaryl/α,β-unsaturated/α-hetero) is 1. The van der Waals surface area contributed by atoms with Crippen LogP contribution in [0.25, 0.3) is 0 Å². The first-order valence-electron chi connectivity index (χ1n) is 13.1. The van der Waals surface area contributed by atoms with Crippen molar-refractivity contribution in [1.29, 1.82) is 0 Å². The first-order chi connectivity index (χ1) is 15.2. The van der Waals surface area contributed by atoms with Crippen LogP contribution in [-0.2, 0) is 14.3 Å². The second-order valence-corrected chi connectivity index (χ2v) is 11.5. The van der Waals surface area contributed by atoms with Gasteiger partial charge in [0.1, 0.15) is 11.9 Å². The Hall–Kier alpha value is -1.07. The number of allylic oxidation sites excluding steroid dienone is 1. The Balaban J connectivity index is 0.00000306. The minimum absolute atomic E-state index is 0. The summed E-state index contributed by atoms with van der Waals surface area (Å²) < 4.78 is 12.1. The van der Waals surface area contributed by atoms with Crippen LogP contribution in [0.3, 0.4) is 0 Å². The van der Waals surface area contributed by atoms with E-state index in [2.05, 4.69) is 40.7 Å². The van der Waals surface area contributed by atoms with E-state index >= 15 is 0 Å². The van der Waals surface area contributed by atoms with Gasteiger partial charge in [0.2, 0.25) is 6.73 Å². The zero-order chi connectivity index (χ0) is 23.1. The van der Waals surface area contributed by atoms with Crippen LogP contribution >= 0.6 is 0 Å². The lowest BCUT2D eigenvalue weighted by molar-refractivity contribution is -0.939. The standard InChI is InChI=1S/C27H44NO4.ClH/c1-6-28(7-2,8-3)18-31-25(30)32-20-13-15-26(4)19(17-20)9-10-21-22-11-12-24(29)27(22,5)16-14-23(21)26;/h9,20-23H,6-8,10-18H2,1-5H3;1H/q+1;/p-1/t20-,21-,22-,23-,26-,27-;/m0./s1. The fourth-order valence-electron chi connectivity index (χ4n) is 7.80. The van der Waals surface area contributed by atoms with Gasteiger partial charge in [-0.3, -0.25) is 9.28 Å². The van der Waals surface area contributed by atoms with Gasteiger partial charge in [-0.1, -0.05) is 25.5 Å². The van der Waals surface area contributed by atoms with Crippen LogP contribution in [-0.4, -0.2) is 48.9 Å². The largest absolute Gasteiger partial charge is 1.00 e. The molecule has 0 spiro atoms. The molecule has 0 aromatic heterocycles. The predicted octanol–water partition coefficient (Wildman–Crippen LogP) is 2.88. The van der Waals surface area contributed by atoms with Crippen molar-refractivity contribution in [2.24, 2.45) is 28.6 Å². The molecule has 0 unspecified atom stereocenters. The molecule has 3 fully saturated rings. The molecule has 6 atom stereocenters. The average molecular weight is 482 g/mol. The molecule has 6 heteroatoms. The molecule has 4 aliphatic carbocycles. The van der Waals surface area contributed by atoms with Crippen LogP contribution in [0.2, 0.25) is 0 Å². The van der Waals surface area contributed by atoms with Gasteiger partial charge < -0.3 is 21.9 Å². The predicted molar refractivity (Wildman–Crippen MR) is 125 cm³/mol. The van der Waals surface area contributed by atoms with Crippen molar-refractivity contribution in [3.63, 3.8) is 0 Å². The van der Waals surface area contributed by atoms with Gasteiger partial charge >= 0.3 is 6.16 Å². The lowest BCUT2D eigenvalue weighted by Gasteiger charge is -2.56. The first-order valence-corrected chi connectivity index (χ1v) is 13.1. The molecule has 0 aliphatic heterocycles. The number of carbonyl (C=O) groups is 2. The molecule has 0 heterocycles.